The molecule has 1 aromatic heterocycles. The van der Waals surface area contributed by atoms with Crippen LogP contribution in [0.15, 0.2) is 42.5 Å². The lowest BCUT2D eigenvalue weighted by atomic mass is 10.1. The molecule has 0 unspecified atom stereocenters. The van der Waals surface area contributed by atoms with Crippen molar-refractivity contribution in [3.63, 3.8) is 0 Å². The third-order valence-corrected chi connectivity index (χ3v) is 3.59. The van der Waals surface area contributed by atoms with Gasteiger partial charge >= 0.3 is 0 Å². The van der Waals surface area contributed by atoms with E-state index in [2.05, 4.69) is 15.5 Å². The Hall–Kier alpha value is -2.20. The summed E-state index contributed by atoms with van der Waals surface area (Å²) in [5, 5.41) is 12.6. The molecule has 0 aliphatic carbocycles. The van der Waals surface area contributed by atoms with Crippen molar-refractivity contribution in [3.8, 4) is 17.1 Å². The summed E-state index contributed by atoms with van der Waals surface area (Å²) in [6.45, 7) is 4.01. The first-order valence-electron chi connectivity index (χ1n) is 6.27. The first-order valence-corrected chi connectivity index (χ1v) is 6.65. The maximum absolute atomic E-state index is 6.17. The normalized spacial score (nSPS) is 10.8. The SMILES string of the molecule is Cc1ccc(-c2nnnn2-c2ccc(C)c(Cl)c2)cc1. The Kier molecular flexibility index (Phi) is 3.24. The lowest BCUT2D eigenvalue weighted by Gasteiger charge is -2.06. The van der Waals surface area contributed by atoms with Gasteiger partial charge in [-0.25, -0.2) is 0 Å². The average molecular weight is 285 g/mol. The van der Waals surface area contributed by atoms with Gasteiger partial charge in [0.15, 0.2) is 5.82 Å². The highest BCUT2D eigenvalue weighted by molar-refractivity contribution is 6.31. The van der Waals surface area contributed by atoms with Crippen molar-refractivity contribution in [2.75, 3.05) is 0 Å². The molecule has 20 heavy (non-hydrogen) atoms. The van der Waals surface area contributed by atoms with Gasteiger partial charge < -0.3 is 0 Å². The molecule has 0 spiro atoms. The van der Waals surface area contributed by atoms with Crippen LogP contribution in [0, 0.1) is 13.8 Å². The zero-order valence-corrected chi connectivity index (χ0v) is 12.0. The van der Waals surface area contributed by atoms with Crippen molar-refractivity contribution >= 4 is 11.6 Å². The van der Waals surface area contributed by atoms with Gasteiger partial charge in [0, 0.05) is 10.6 Å². The molecule has 2 aromatic carbocycles. The van der Waals surface area contributed by atoms with Crippen LogP contribution >= 0.6 is 11.6 Å². The van der Waals surface area contributed by atoms with E-state index in [0.717, 1.165) is 16.8 Å². The van der Waals surface area contributed by atoms with Crippen LogP contribution in [0.4, 0.5) is 0 Å². The number of nitrogens with zero attached hydrogens (tertiary/aromatic N) is 4. The van der Waals surface area contributed by atoms with Gasteiger partial charge in [0.2, 0.25) is 0 Å². The summed E-state index contributed by atoms with van der Waals surface area (Å²) in [6, 6.07) is 13.9. The minimum Gasteiger partial charge on any atom is -0.193 e. The maximum atomic E-state index is 6.17. The third kappa shape index (κ3) is 2.30. The monoisotopic (exact) mass is 284 g/mol. The van der Waals surface area contributed by atoms with E-state index in [4.69, 9.17) is 11.6 Å². The Bertz CT molecular complexity index is 747. The Labute approximate surface area is 122 Å². The minimum atomic E-state index is 0.699. The van der Waals surface area contributed by atoms with E-state index in [9.17, 15) is 0 Å². The van der Waals surface area contributed by atoms with Crippen molar-refractivity contribution in [2.45, 2.75) is 13.8 Å². The van der Waals surface area contributed by atoms with Gasteiger partial charge in [0.05, 0.1) is 5.69 Å². The van der Waals surface area contributed by atoms with Crippen molar-refractivity contribution in [1.82, 2.24) is 20.2 Å². The Morgan fingerprint density at radius 3 is 2.45 bits per heavy atom. The smallest absolute Gasteiger partial charge is 0.187 e. The molecule has 1 heterocycles. The predicted octanol–water partition coefficient (Wildman–Crippen LogP) is 3.60. The van der Waals surface area contributed by atoms with Crippen molar-refractivity contribution in [2.24, 2.45) is 0 Å². The second-order valence-electron chi connectivity index (χ2n) is 4.71. The van der Waals surface area contributed by atoms with Gasteiger partial charge in [-0.05, 0) is 42.0 Å². The summed E-state index contributed by atoms with van der Waals surface area (Å²) < 4.78 is 1.69. The number of hydrogen-bond donors (Lipinski definition) is 0. The van der Waals surface area contributed by atoms with E-state index in [1.165, 1.54) is 5.56 Å². The number of rotatable bonds is 2. The van der Waals surface area contributed by atoms with Crippen LogP contribution < -0.4 is 0 Å². The molecule has 0 radical (unpaired) electrons. The molecule has 0 N–H and O–H groups in total. The second kappa shape index (κ2) is 5.06. The number of aromatic nitrogens is 4. The summed E-state index contributed by atoms with van der Waals surface area (Å²) in [7, 11) is 0. The molecule has 0 saturated heterocycles. The molecule has 0 fully saturated rings. The van der Waals surface area contributed by atoms with E-state index in [0.29, 0.717) is 10.8 Å². The van der Waals surface area contributed by atoms with Crippen molar-refractivity contribution in [3.05, 3.63) is 58.6 Å². The standard InChI is InChI=1S/C15H13ClN4/c1-10-3-6-12(7-4-10)15-17-18-19-20(15)13-8-5-11(2)14(16)9-13/h3-9H,1-2H3. The van der Waals surface area contributed by atoms with Gasteiger partial charge in [-0.3, -0.25) is 0 Å². The zero-order chi connectivity index (χ0) is 14.1. The molecule has 3 rings (SSSR count). The molecular formula is C15H13ClN4. The quantitative estimate of drug-likeness (QED) is 0.722. The Morgan fingerprint density at radius 2 is 1.75 bits per heavy atom. The summed E-state index contributed by atoms with van der Waals surface area (Å²) in [4.78, 5) is 0. The topological polar surface area (TPSA) is 43.6 Å². The minimum absolute atomic E-state index is 0.699. The number of aryl methyl sites for hydroxylation is 2. The van der Waals surface area contributed by atoms with Crippen LogP contribution in [0.5, 0.6) is 0 Å². The Morgan fingerprint density at radius 1 is 1.00 bits per heavy atom. The molecular weight excluding hydrogens is 272 g/mol. The molecule has 0 aliphatic rings. The number of halogens is 1. The van der Waals surface area contributed by atoms with E-state index in [1.807, 2.05) is 56.3 Å². The van der Waals surface area contributed by atoms with E-state index in [-0.39, 0.29) is 0 Å². The molecule has 0 aliphatic heterocycles. The van der Waals surface area contributed by atoms with Gasteiger partial charge in [-0.15, -0.1) is 5.10 Å². The number of hydrogen-bond acceptors (Lipinski definition) is 3. The Balaban J connectivity index is 2.10. The highest BCUT2D eigenvalue weighted by Gasteiger charge is 2.11. The molecule has 3 aromatic rings. The van der Waals surface area contributed by atoms with Gasteiger partial charge in [0.25, 0.3) is 0 Å². The lowest BCUT2D eigenvalue weighted by molar-refractivity contribution is 0.791. The second-order valence-corrected chi connectivity index (χ2v) is 5.12. The van der Waals surface area contributed by atoms with E-state index >= 15 is 0 Å². The predicted molar refractivity (Wildman–Crippen MR) is 79.1 cm³/mol. The van der Waals surface area contributed by atoms with Gasteiger partial charge in [-0.2, -0.15) is 4.68 Å². The van der Waals surface area contributed by atoms with Crippen LogP contribution in [0.3, 0.4) is 0 Å². The molecule has 5 heteroatoms. The maximum Gasteiger partial charge on any atom is 0.187 e. The van der Waals surface area contributed by atoms with Crippen LogP contribution in [0.2, 0.25) is 5.02 Å². The van der Waals surface area contributed by atoms with Crippen LogP contribution in [0.1, 0.15) is 11.1 Å². The molecule has 100 valence electrons. The molecule has 0 saturated carbocycles. The number of tetrazole rings is 1. The molecule has 0 atom stereocenters. The molecule has 0 bridgehead atoms. The number of benzene rings is 2. The zero-order valence-electron chi connectivity index (χ0n) is 11.2. The highest BCUT2D eigenvalue weighted by atomic mass is 35.5. The highest BCUT2D eigenvalue weighted by Crippen LogP contribution is 2.23. The fourth-order valence-electron chi connectivity index (χ4n) is 1.96. The van der Waals surface area contributed by atoms with Crippen LogP contribution in [0.25, 0.3) is 17.1 Å². The van der Waals surface area contributed by atoms with Crippen LogP contribution in [-0.4, -0.2) is 20.2 Å². The summed E-state index contributed by atoms with van der Waals surface area (Å²) in [6.07, 6.45) is 0. The van der Waals surface area contributed by atoms with Gasteiger partial charge in [0.1, 0.15) is 0 Å². The summed E-state index contributed by atoms with van der Waals surface area (Å²) in [5.41, 5.74) is 4.05. The van der Waals surface area contributed by atoms with Crippen LogP contribution in [-0.2, 0) is 0 Å². The summed E-state index contributed by atoms with van der Waals surface area (Å²) in [5.74, 6) is 0.699. The molecule has 0 amide bonds. The van der Waals surface area contributed by atoms with Crippen molar-refractivity contribution in [1.29, 1.82) is 0 Å². The first kappa shape index (κ1) is 12.8. The fraction of sp³-hybridized carbons (Fsp3) is 0.133. The first-order chi connectivity index (χ1) is 9.65. The average Bonchev–Trinajstić information content (AvgIpc) is 2.92. The third-order valence-electron chi connectivity index (χ3n) is 3.18. The van der Waals surface area contributed by atoms with Gasteiger partial charge in [-0.1, -0.05) is 47.5 Å². The summed E-state index contributed by atoms with van der Waals surface area (Å²) >= 11 is 6.17. The fourth-order valence-corrected chi connectivity index (χ4v) is 2.13. The lowest BCUT2D eigenvalue weighted by Crippen LogP contribution is -2.00. The largest absolute Gasteiger partial charge is 0.193 e. The molecule has 4 nitrogen and oxygen atoms in total. The van der Waals surface area contributed by atoms with E-state index < -0.39 is 0 Å². The van der Waals surface area contributed by atoms with Crippen molar-refractivity contribution < 1.29 is 0 Å². The van der Waals surface area contributed by atoms with E-state index in [1.54, 1.807) is 4.68 Å².